The lowest BCUT2D eigenvalue weighted by Crippen LogP contribution is -2.47. The zero-order valence-electron chi connectivity index (χ0n) is 17.9. The average Bonchev–Trinajstić information content (AvgIpc) is 3.27. The number of hydrogen-bond acceptors (Lipinski definition) is 4. The minimum atomic E-state index is -0.502. The number of nitrogens with zero attached hydrogens (tertiary/aromatic N) is 2. The molecule has 0 bridgehead atoms. The van der Waals surface area contributed by atoms with Gasteiger partial charge in [-0.25, -0.2) is 0 Å². The zero-order chi connectivity index (χ0) is 22.5. The molecule has 8 heteroatoms. The van der Waals surface area contributed by atoms with Crippen molar-refractivity contribution in [1.29, 1.82) is 0 Å². The molecule has 0 saturated carbocycles. The molecular formula is C23H26Cl2N2O4. The normalized spacial score (nSPS) is 15.6. The van der Waals surface area contributed by atoms with Crippen molar-refractivity contribution in [2.45, 2.75) is 25.3 Å². The van der Waals surface area contributed by atoms with E-state index >= 15 is 0 Å². The number of benzene rings is 2. The van der Waals surface area contributed by atoms with Gasteiger partial charge in [-0.3, -0.25) is 9.59 Å². The number of amides is 2. The molecule has 1 saturated heterocycles. The first-order chi connectivity index (χ1) is 14.8. The highest BCUT2D eigenvalue weighted by atomic mass is 35.5. The average molecular weight is 465 g/mol. The van der Waals surface area contributed by atoms with Crippen molar-refractivity contribution in [3.8, 4) is 11.5 Å². The first kappa shape index (κ1) is 23.2. The molecule has 3 rings (SSSR count). The second-order valence-corrected chi connectivity index (χ2v) is 8.32. The van der Waals surface area contributed by atoms with Crippen LogP contribution in [0.3, 0.4) is 0 Å². The summed E-state index contributed by atoms with van der Waals surface area (Å²) in [4.78, 5) is 29.4. The second-order valence-electron chi connectivity index (χ2n) is 7.48. The maximum Gasteiger partial charge on any atom is 0.256 e. The van der Waals surface area contributed by atoms with Gasteiger partial charge < -0.3 is 19.3 Å². The molecule has 1 heterocycles. The second kappa shape index (κ2) is 10.2. The summed E-state index contributed by atoms with van der Waals surface area (Å²) < 4.78 is 10.6. The van der Waals surface area contributed by atoms with Gasteiger partial charge in [0.05, 0.1) is 24.8 Å². The molecule has 0 aromatic heterocycles. The van der Waals surface area contributed by atoms with Gasteiger partial charge in [-0.05, 0) is 55.2 Å². The van der Waals surface area contributed by atoms with Crippen LogP contribution in [0.2, 0.25) is 10.0 Å². The molecule has 1 aliphatic heterocycles. The highest BCUT2D eigenvalue weighted by Gasteiger charge is 2.36. The minimum Gasteiger partial charge on any atom is -0.493 e. The topological polar surface area (TPSA) is 59.1 Å². The van der Waals surface area contributed by atoms with Gasteiger partial charge >= 0.3 is 0 Å². The van der Waals surface area contributed by atoms with Crippen molar-refractivity contribution < 1.29 is 19.1 Å². The van der Waals surface area contributed by atoms with Crippen LogP contribution in [0.25, 0.3) is 0 Å². The van der Waals surface area contributed by atoms with Crippen molar-refractivity contribution >= 4 is 35.0 Å². The van der Waals surface area contributed by atoms with Gasteiger partial charge in [-0.15, -0.1) is 0 Å². The van der Waals surface area contributed by atoms with E-state index in [0.717, 1.165) is 12.0 Å². The van der Waals surface area contributed by atoms with Crippen LogP contribution in [0, 0.1) is 0 Å². The lowest BCUT2D eigenvalue weighted by Gasteiger charge is -2.28. The highest BCUT2D eigenvalue weighted by Crippen LogP contribution is 2.29. The largest absolute Gasteiger partial charge is 0.493 e. The quantitative estimate of drug-likeness (QED) is 0.612. The van der Waals surface area contributed by atoms with Gasteiger partial charge in [0.2, 0.25) is 5.91 Å². The SMILES string of the molecule is COc1ccc(CCN(C)C(=O)C2CCCN2C(=O)c2cc(Cl)ccc2Cl)cc1OC. The first-order valence-electron chi connectivity index (χ1n) is 10.1. The number of likely N-dealkylation sites (N-methyl/N-ethyl adjacent to an activating group) is 1. The van der Waals surface area contributed by atoms with E-state index in [0.29, 0.717) is 53.0 Å². The molecule has 0 spiro atoms. The molecule has 1 aliphatic rings. The van der Waals surface area contributed by atoms with Crippen molar-refractivity contribution in [3.63, 3.8) is 0 Å². The summed E-state index contributed by atoms with van der Waals surface area (Å²) in [6, 6.07) is 9.98. The maximum absolute atomic E-state index is 13.1. The van der Waals surface area contributed by atoms with Crippen molar-refractivity contribution in [2.75, 3.05) is 34.4 Å². The lowest BCUT2D eigenvalue weighted by atomic mass is 10.1. The number of methoxy groups -OCH3 is 2. The van der Waals surface area contributed by atoms with E-state index in [1.165, 1.54) is 0 Å². The fraction of sp³-hybridized carbons (Fsp3) is 0.391. The number of rotatable bonds is 7. The van der Waals surface area contributed by atoms with Crippen LogP contribution in [0.15, 0.2) is 36.4 Å². The van der Waals surface area contributed by atoms with Crippen molar-refractivity contribution in [1.82, 2.24) is 9.80 Å². The third-order valence-corrected chi connectivity index (χ3v) is 6.08. The Morgan fingerprint density at radius 3 is 2.55 bits per heavy atom. The molecule has 0 N–H and O–H groups in total. The number of carbonyl (C=O) groups excluding carboxylic acids is 2. The Labute approximate surface area is 192 Å². The summed E-state index contributed by atoms with van der Waals surface area (Å²) >= 11 is 12.2. The Balaban J connectivity index is 1.67. The minimum absolute atomic E-state index is 0.0792. The molecule has 2 amide bonds. The number of likely N-dealkylation sites (tertiary alicyclic amines) is 1. The molecule has 1 unspecified atom stereocenters. The highest BCUT2D eigenvalue weighted by molar-refractivity contribution is 6.35. The Morgan fingerprint density at radius 2 is 1.84 bits per heavy atom. The third-order valence-electron chi connectivity index (χ3n) is 5.52. The summed E-state index contributed by atoms with van der Waals surface area (Å²) in [7, 11) is 4.95. The lowest BCUT2D eigenvalue weighted by molar-refractivity contribution is -0.133. The first-order valence-corrected chi connectivity index (χ1v) is 10.8. The van der Waals surface area contributed by atoms with Crippen molar-refractivity contribution in [2.24, 2.45) is 0 Å². The molecule has 2 aromatic rings. The van der Waals surface area contributed by atoms with Gasteiger partial charge in [-0.1, -0.05) is 29.3 Å². The summed E-state index contributed by atoms with van der Waals surface area (Å²) in [5.74, 6) is 0.969. The Kier molecular flexibility index (Phi) is 7.68. The molecule has 2 aromatic carbocycles. The molecule has 1 atom stereocenters. The van der Waals surface area contributed by atoms with E-state index in [1.807, 2.05) is 18.2 Å². The fourth-order valence-corrected chi connectivity index (χ4v) is 4.15. The van der Waals surface area contributed by atoms with E-state index in [2.05, 4.69) is 0 Å². The summed E-state index contributed by atoms with van der Waals surface area (Å²) in [5, 5.41) is 0.760. The van der Waals surface area contributed by atoms with E-state index in [-0.39, 0.29) is 11.8 Å². The third kappa shape index (κ3) is 5.25. The monoisotopic (exact) mass is 464 g/mol. The molecule has 1 fully saturated rings. The Morgan fingerprint density at radius 1 is 1.10 bits per heavy atom. The summed E-state index contributed by atoms with van der Waals surface area (Å²) in [6.07, 6.45) is 2.05. The smallest absolute Gasteiger partial charge is 0.256 e. The van der Waals surface area contributed by atoms with Gasteiger partial charge in [0, 0.05) is 25.2 Å². The zero-order valence-corrected chi connectivity index (χ0v) is 19.4. The summed E-state index contributed by atoms with van der Waals surface area (Å²) in [5.41, 5.74) is 1.35. The fourth-order valence-electron chi connectivity index (χ4n) is 3.78. The number of ether oxygens (including phenoxy) is 2. The van der Waals surface area contributed by atoms with Crippen LogP contribution >= 0.6 is 23.2 Å². The number of halogens is 2. The van der Waals surface area contributed by atoms with E-state index in [1.54, 1.807) is 49.3 Å². The molecule has 0 radical (unpaired) electrons. The van der Waals surface area contributed by atoms with Gasteiger partial charge in [0.25, 0.3) is 5.91 Å². The van der Waals surface area contributed by atoms with Crippen LogP contribution in [0.4, 0.5) is 0 Å². The van der Waals surface area contributed by atoms with Gasteiger partial charge in [0.15, 0.2) is 11.5 Å². The molecular weight excluding hydrogens is 439 g/mol. The number of hydrogen-bond donors (Lipinski definition) is 0. The Hall–Kier alpha value is -2.44. The van der Waals surface area contributed by atoms with E-state index < -0.39 is 6.04 Å². The maximum atomic E-state index is 13.1. The molecule has 166 valence electrons. The van der Waals surface area contributed by atoms with Crippen LogP contribution in [-0.4, -0.2) is 62.0 Å². The molecule has 0 aliphatic carbocycles. The molecule has 31 heavy (non-hydrogen) atoms. The Bertz CT molecular complexity index is 967. The number of carbonyl (C=O) groups is 2. The summed E-state index contributed by atoms with van der Waals surface area (Å²) in [6.45, 7) is 1.03. The van der Waals surface area contributed by atoms with Crippen LogP contribution in [-0.2, 0) is 11.2 Å². The standard InChI is InChI=1S/C23H26Cl2N2O4/c1-26(12-10-15-6-9-20(30-2)21(13-15)31-3)23(29)19-5-4-11-27(19)22(28)17-14-16(24)7-8-18(17)25/h6-9,13-14,19H,4-5,10-12H2,1-3H3. The predicted molar refractivity (Wildman–Crippen MR) is 121 cm³/mol. The van der Waals surface area contributed by atoms with E-state index in [9.17, 15) is 9.59 Å². The van der Waals surface area contributed by atoms with Crippen LogP contribution in [0.1, 0.15) is 28.8 Å². The molecule has 6 nitrogen and oxygen atoms in total. The van der Waals surface area contributed by atoms with E-state index in [4.69, 9.17) is 32.7 Å². The van der Waals surface area contributed by atoms with Crippen LogP contribution in [0.5, 0.6) is 11.5 Å². The van der Waals surface area contributed by atoms with Crippen LogP contribution < -0.4 is 9.47 Å². The van der Waals surface area contributed by atoms with Crippen molar-refractivity contribution in [3.05, 3.63) is 57.6 Å². The predicted octanol–water partition coefficient (Wildman–Crippen LogP) is 4.32. The van der Waals surface area contributed by atoms with Gasteiger partial charge in [0.1, 0.15) is 6.04 Å². The van der Waals surface area contributed by atoms with Gasteiger partial charge in [-0.2, -0.15) is 0 Å².